The van der Waals surface area contributed by atoms with Gasteiger partial charge in [-0.2, -0.15) is 0 Å². The zero-order chi connectivity index (χ0) is 20.1. The molecule has 0 bridgehead atoms. The van der Waals surface area contributed by atoms with Crippen molar-refractivity contribution in [1.29, 1.82) is 0 Å². The highest BCUT2D eigenvalue weighted by Crippen LogP contribution is 2.35. The second-order valence-corrected chi connectivity index (χ2v) is 7.65. The van der Waals surface area contributed by atoms with E-state index in [-0.39, 0.29) is 12.2 Å². The van der Waals surface area contributed by atoms with Crippen LogP contribution in [0.5, 0.6) is 0 Å². The lowest BCUT2D eigenvalue weighted by Gasteiger charge is -2.05. The Balaban J connectivity index is 2.05. The molecular weight excluding hydrogens is 448 g/mol. The number of hydrogen-bond acceptors (Lipinski definition) is 7. The van der Waals surface area contributed by atoms with Crippen molar-refractivity contribution in [2.75, 3.05) is 13.2 Å². The molecule has 1 heterocycles. The Morgan fingerprint density at radius 1 is 1.21 bits per heavy atom. The van der Waals surface area contributed by atoms with Crippen LogP contribution in [-0.2, 0) is 15.4 Å². The molecule has 28 heavy (non-hydrogen) atoms. The molecule has 3 rings (SSSR count). The normalized spacial score (nSPS) is 11.0. The van der Waals surface area contributed by atoms with E-state index >= 15 is 0 Å². The summed E-state index contributed by atoms with van der Waals surface area (Å²) in [5, 5.41) is 9.04. The highest BCUT2D eigenvalue weighted by atomic mass is 79.9. The van der Waals surface area contributed by atoms with Gasteiger partial charge in [-0.1, -0.05) is 18.2 Å². The van der Waals surface area contributed by atoms with Crippen LogP contribution in [0.25, 0.3) is 11.0 Å². The summed E-state index contributed by atoms with van der Waals surface area (Å²) in [5.74, 6) is -0.0539. The van der Waals surface area contributed by atoms with Crippen molar-refractivity contribution in [2.24, 2.45) is 0 Å². The lowest BCUT2D eigenvalue weighted by atomic mass is 10.1. The number of esters is 1. The maximum atomic E-state index is 12.6. The monoisotopic (exact) mass is 464 g/mol. The molecule has 0 spiro atoms. The van der Waals surface area contributed by atoms with Crippen molar-refractivity contribution in [3.63, 3.8) is 0 Å². The van der Waals surface area contributed by atoms with E-state index in [9.17, 15) is 9.59 Å². The van der Waals surface area contributed by atoms with Gasteiger partial charge in [-0.3, -0.25) is 10.1 Å². The van der Waals surface area contributed by atoms with Gasteiger partial charge in [0.05, 0.1) is 12.4 Å². The molecule has 1 aromatic heterocycles. The Hall–Kier alpha value is -2.13. The lowest BCUT2D eigenvalue weighted by molar-refractivity contribution is -0.230. The molecule has 1 N–H and O–H groups in total. The number of carbonyl (C=O) groups is 2. The number of ketones is 1. The van der Waals surface area contributed by atoms with Crippen molar-refractivity contribution >= 4 is 50.4 Å². The molecule has 0 aliphatic rings. The highest BCUT2D eigenvalue weighted by molar-refractivity contribution is 9.10. The van der Waals surface area contributed by atoms with Crippen LogP contribution in [0.4, 0.5) is 0 Å². The smallest absolute Gasteiger partial charge is 0.342 e. The van der Waals surface area contributed by atoms with E-state index in [0.29, 0.717) is 32.5 Å². The summed E-state index contributed by atoms with van der Waals surface area (Å²) in [6.45, 7) is 1.45. The summed E-state index contributed by atoms with van der Waals surface area (Å²) in [5.41, 5.74) is 1.03. The third-order valence-corrected chi connectivity index (χ3v) is 5.61. The van der Waals surface area contributed by atoms with Crippen molar-refractivity contribution in [1.82, 2.24) is 0 Å². The average molecular weight is 465 g/mol. The van der Waals surface area contributed by atoms with Crippen LogP contribution < -0.4 is 0 Å². The molecule has 6 nitrogen and oxygen atoms in total. The Morgan fingerprint density at radius 3 is 2.64 bits per heavy atom. The molecule has 0 saturated carbocycles. The van der Waals surface area contributed by atoms with Crippen LogP contribution in [0, 0.1) is 0 Å². The van der Waals surface area contributed by atoms with Crippen LogP contribution in [-0.4, -0.2) is 30.2 Å². The van der Waals surface area contributed by atoms with Gasteiger partial charge in [-0.25, -0.2) is 9.68 Å². The zero-order valence-electron chi connectivity index (χ0n) is 14.9. The number of Topliss-reactive ketones (excluding diaryl/α,β-unsaturated/α-hetero) is 1. The first kappa shape index (κ1) is 20.6. The summed E-state index contributed by atoms with van der Waals surface area (Å²) >= 11 is 4.85. The minimum atomic E-state index is -0.510. The minimum Gasteiger partial charge on any atom is -0.462 e. The van der Waals surface area contributed by atoms with E-state index in [1.807, 2.05) is 30.3 Å². The van der Waals surface area contributed by atoms with Crippen LogP contribution in [0.2, 0.25) is 0 Å². The molecule has 8 heteroatoms. The van der Waals surface area contributed by atoms with E-state index in [0.717, 1.165) is 4.90 Å². The fourth-order valence-corrected chi connectivity index (χ4v) is 4.11. The van der Waals surface area contributed by atoms with Gasteiger partial charge in [-0.05, 0) is 47.1 Å². The number of thioether (sulfide) groups is 1. The second-order valence-electron chi connectivity index (χ2n) is 5.75. The number of fused-ring (bicyclic) bond motifs is 1. The first-order valence-electron chi connectivity index (χ1n) is 8.44. The van der Waals surface area contributed by atoms with Crippen molar-refractivity contribution in [3.8, 4) is 0 Å². The number of rotatable bonds is 8. The third-order valence-electron chi connectivity index (χ3n) is 3.94. The van der Waals surface area contributed by atoms with Gasteiger partial charge in [0.15, 0.2) is 5.78 Å². The first-order valence-corrected chi connectivity index (χ1v) is 10.2. The average Bonchev–Trinajstić information content (AvgIpc) is 3.04. The molecule has 0 fully saturated rings. The molecule has 0 radical (unpaired) electrons. The topological polar surface area (TPSA) is 86.0 Å². The van der Waals surface area contributed by atoms with E-state index < -0.39 is 18.4 Å². The lowest BCUT2D eigenvalue weighted by Crippen LogP contribution is -2.09. The van der Waals surface area contributed by atoms with E-state index in [4.69, 9.17) is 14.4 Å². The van der Waals surface area contributed by atoms with Gasteiger partial charge in [0.25, 0.3) is 0 Å². The quantitative estimate of drug-likeness (QED) is 0.158. The van der Waals surface area contributed by atoms with Gasteiger partial charge in [0, 0.05) is 20.3 Å². The highest BCUT2D eigenvalue weighted by Gasteiger charge is 2.24. The van der Waals surface area contributed by atoms with Crippen molar-refractivity contribution < 1.29 is 28.9 Å². The number of furan rings is 1. The fraction of sp³-hybridized carbons (Fsp3) is 0.200. The zero-order valence-corrected chi connectivity index (χ0v) is 17.3. The van der Waals surface area contributed by atoms with Gasteiger partial charge in [0.1, 0.15) is 23.5 Å². The van der Waals surface area contributed by atoms with Crippen molar-refractivity contribution in [2.45, 2.75) is 17.6 Å². The largest absolute Gasteiger partial charge is 0.462 e. The summed E-state index contributed by atoms with van der Waals surface area (Å²) in [6, 6.07) is 12.9. The number of hydrogen-bond donors (Lipinski definition) is 1. The summed E-state index contributed by atoms with van der Waals surface area (Å²) in [6.07, 6.45) is 0. The molecule has 0 amide bonds. The fourth-order valence-electron chi connectivity index (χ4n) is 2.71. The maximum absolute atomic E-state index is 12.6. The van der Waals surface area contributed by atoms with Crippen LogP contribution in [0.1, 0.15) is 33.4 Å². The molecule has 0 aliphatic carbocycles. The third kappa shape index (κ3) is 4.47. The van der Waals surface area contributed by atoms with Gasteiger partial charge >= 0.3 is 5.97 Å². The van der Waals surface area contributed by atoms with Gasteiger partial charge < -0.3 is 9.15 Å². The predicted molar refractivity (Wildman–Crippen MR) is 109 cm³/mol. The Labute approximate surface area is 173 Å². The standard InChI is InChI=1S/C20H17BrO6S/c1-2-25-20(23)19-14-8-13(16(22)10-26-24)15(21)9-17(14)27-18(19)11-28-12-6-4-3-5-7-12/h3-9,24H,2,10-11H2,1H3. The molecule has 0 unspecified atom stereocenters. The predicted octanol–water partition coefficient (Wildman–Crippen LogP) is 5.34. The number of carbonyl (C=O) groups excluding carboxylic acids is 2. The molecule has 3 aromatic rings. The Kier molecular flexibility index (Phi) is 6.90. The van der Waals surface area contributed by atoms with Crippen LogP contribution in [0.3, 0.4) is 0 Å². The summed E-state index contributed by atoms with van der Waals surface area (Å²) < 4.78 is 11.6. The van der Waals surface area contributed by atoms with Gasteiger partial charge in [-0.15, -0.1) is 11.8 Å². The van der Waals surface area contributed by atoms with Crippen molar-refractivity contribution in [3.05, 3.63) is 63.8 Å². The van der Waals surface area contributed by atoms with E-state index in [1.54, 1.807) is 19.1 Å². The minimum absolute atomic E-state index is 0.220. The molecule has 2 aromatic carbocycles. The Bertz CT molecular complexity index is 999. The summed E-state index contributed by atoms with van der Waals surface area (Å²) in [4.78, 5) is 29.7. The first-order chi connectivity index (χ1) is 13.5. The van der Waals surface area contributed by atoms with Crippen LogP contribution >= 0.6 is 27.7 Å². The van der Waals surface area contributed by atoms with Gasteiger partial charge in [0.2, 0.25) is 0 Å². The second kappa shape index (κ2) is 9.38. The summed E-state index contributed by atoms with van der Waals surface area (Å²) in [7, 11) is 0. The molecule has 0 saturated heterocycles. The van der Waals surface area contributed by atoms with E-state index in [1.165, 1.54) is 11.8 Å². The Morgan fingerprint density at radius 2 is 1.96 bits per heavy atom. The SMILES string of the molecule is CCOC(=O)c1c(CSc2ccccc2)oc2cc(Br)c(C(=O)COO)cc12. The molecule has 0 aliphatic heterocycles. The van der Waals surface area contributed by atoms with E-state index in [2.05, 4.69) is 20.8 Å². The number of ether oxygens (including phenoxy) is 1. The van der Waals surface area contributed by atoms with Crippen LogP contribution in [0.15, 0.2) is 56.2 Å². The molecule has 146 valence electrons. The molecular formula is C20H17BrO6S. The number of benzene rings is 2. The molecule has 0 atom stereocenters. The number of halogens is 1. The maximum Gasteiger partial charge on any atom is 0.342 e.